The molecular weight excluding hydrogens is 406 g/mol. The summed E-state index contributed by atoms with van der Waals surface area (Å²) in [6, 6.07) is 10.7. The van der Waals surface area contributed by atoms with Crippen molar-refractivity contribution in [2.45, 2.75) is 57.8 Å². The number of ether oxygens (including phenoxy) is 1. The Kier molecular flexibility index (Phi) is 5.99. The molecule has 1 N–H and O–H groups in total. The summed E-state index contributed by atoms with van der Waals surface area (Å²) in [6.07, 6.45) is 0.539. The van der Waals surface area contributed by atoms with Gasteiger partial charge in [-0.2, -0.15) is 0 Å². The number of anilines is 1. The van der Waals surface area contributed by atoms with Gasteiger partial charge in [0.15, 0.2) is 0 Å². The molecule has 8 heteroatoms. The van der Waals surface area contributed by atoms with Crippen molar-refractivity contribution in [3.05, 3.63) is 57.5 Å². The molecule has 1 fully saturated rings. The van der Waals surface area contributed by atoms with Gasteiger partial charge in [0.05, 0.1) is 24.3 Å². The molecule has 32 heavy (non-hydrogen) atoms. The van der Waals surface area contributed by atoms with Crippen LogP contribution in [0.5, 0.6) is 0 Å². The van der Waals surface area contributed by atoms with Gasteiger partial charge in [-0.15, -0.1) is 0 Å². The summed E-state index contributed by atoms with van der Waals surface area (Å²) in [6.45, 7) is 7.88. The molecule has 0 bridgehead atoms. The van der Waals surface area contributed by atoms with Crippen molar-refractivity contribution in [1.82, 2.24) is 19.4 Å². The molecular formula is C24H33N5O3. The van der Waals surface area contributed by atoms with Crippen molar-refractivity contribution in [3.8, 4) is 0 Å². The van der Waals surface area contributed by atoms with Gasteiger partial charge in [-0.05, 0) is 45.7 Å². The van der Waals surface area contributed by atoms with Crippen LogP contribution in [0, 0.1) is 0 Å². The number of benzene rings is 1. The number of rotatable bonds is 3. The number of nitrogens with one attached hydrogen (secondary N) is 1. The summed E-state index contributed by atoms with van der Waals surface area (Å²) in [4.78, 5) is 34.1. The third-order valence-electron chi connectivity index (χ3n) is 6.05. The number of likely N-dealkylation sites (tertiary alicyclic amines) is 1. The number of hydrogen-bond donors (Lipinski definition) is 1. The monoisotopic (exact) mass is 439 g/mol. The lowest BCUT2D eigenvalue weighted by atomic mass is 9.88. The van der Waals surface area contributed by atoms with Gasteiger partial charge in [-0.3, -0.25) is 14.3 Å². The van der Waals surface area contributed by atoms with Crippen molar-refractivity contribution in [1.29, 1.82) is 0 Å². The van der Waals surface area contributed by atoms with Crippen LogP contribution in [-0.2, 0) is 24.9 Å². The van der Waals surface area contributed by atoms with E-state index in [1.165, 1.54) is 10.5 Å². The van der Waals surface area contributed by atoms with Crippen molar-refractivity contribution in [2.24, 2.45) is 7.05 Å². The van der Waals surface area contributed by atoms with Gasteiger partial charge in [-0.25, -0.2) is 9.78 Å². The third-order valence-corrected chi connectivity index (χ3v) is 6.05. The molecule has 3 heterocycles. The smallest absolute Gasteiger partial charge is 0.410 e. The van der Waals surface area contributed by atoms with Gasteiger partial charge in [0.1, 0.15) is 5.60 Å². The zero-order valence-electron chi connectivity index (χ0n) is 19.6. The number of hydrogen-bond acceptors (Lipinski definition) is 6. The number of nitrogens with zero attached hydrogens (tertiary/aromatic N) is 4. The minimum Gasteiger partial charge on any atom is -0.444 e. The number of likely N-dealkylation sites (N-methyl/N-ethyl adjacent to an activating group) is 1. The Labute approximate surface area is 189 Å². The van der Waals surface area contributed by atoms with Crippen LogP contribution >= 0.6 is 0 Å². The highest BCUT2D eigenvalue weighted by Gasteiger charge is 2.32. The fourth-order valence-corrected chi connectivity index (χ4v) is 4.57. The minimum atomic E-state index is -0.584. The summed E-state index contributed by atoms with van der Waals surface area (Å²) in [5.74, 6) is 0.966. The summed E-state index contributed by atoms with van der Waals surface area (Å²) < 4.78 is 7.03. The van der Waals surface area contributed by atoms with E-state index in [1.807, 2.05) is 26.8 Å². The summed E-state index contributed by atoms with van der Waals surface area (Å²) in [7, 11) is 3.85. The number of carbonyl (C=O) groups excluding carboxylic acids is 1. The number of fused-ring (bicyclic) bond motifs is 1. The first kappa shape index (κ1) is 22.3. The molecule has 2 atom stereocenters. The largest absolute Gasteiger partial charge is 0.444 e. The van der Waals surface area contributed by atoms with Crippen LogP contribution in [0.4, 0.5) is 10.7 Å². The Balaban J connectivity index is 1.51. The van der Waals surface area contributed by atoms with Crippen LogP contribution in [0.3, 0.4) is 0 Å². The van der Waals surface area contributed by atoms with Crippen molar-refractivity contribution >= 4 is 12.0 Å². The quantitative estimate of drug-likeness (QED) is 0.792. The minimum absolute atomic E-state index is 0.118. The predicted octanol–water partition coefficient (Wildman–Crippen LogP) is 2.93. The Morgan fingerprint density at radius 2 is 1.84 bits per heavy atom. The average molecular weight is 440 g/mol. The van der Waals surface area contributed by atoms with E-state index in [0.29, 0.717) is 23.1 Å². The molecule has 0 unspecified atom stereocenters. The van der Waals surface area contributed by atoms with E-state index < -0.39 is 11.7 Å². The Hall–Kier alpha value is -2.87. The number of aromatic nitrogens is 2. The molecule has 2 aliphatic heterocycles. The van der Waals surface area contributed by atoms with Crippen LogP contribution < -0.4 is 10.9 Å². The molecule has 8 nitrogen and oxygen atoms in total. The first-order chi connectivity index (χ1) is 15.1. The van der Waals surface area contributed by atoms with E-state index in [0.717, 1.165) is 19.5 Å². The Bertz CT molecular complexity index is 1040. The highest BCUT2D eigenvalue weighted by molar-refractivity contribution is 5.69. The van der Waals surface area contributed by atoms with Crippen LogP contribution in [-0.4, -0.2) is 57.2 Å². The van der Waals surface area contributed by atoms with E-state index in [9.17, 15) is 9.59 Å². The molecule has 2 aliphatic rings. The van der Waals surface area contributed by atoms with Gasteiger partial charge in [0.25, 0.3) is 5.56 Å². The first-order valence-corrected chi connectivity index (χ1v) is 11.2. The second-order valence-electron chi connectivity index (χ2n) is 9.97. The van der Waals surface area contributed by atoms with E-state index in [4.69, 9.17) is 9.72 Å². The van der Waals surface area contributed by atoms with Crippen molar-refractivity contribution in [2.75, 3.05) is 25.5 Å². The lowest BCUT2D eigenvalue weighted by molar-refractivity contribution is 0.0240. The number of amides is 1. The van der Waals surface area contributed by atoms with Gasteiger partial charge < -0.3 is 15.0 Å². The van der Waals surface area contributed by atoms with Gasteiger partial charge >= 0.3 is 6.09 Å². The lowest BCUT2D eigenvalue weighted by Gasteiger charge is -2.36. The second kappa shape index (κ2) is 8.58. The highest BCUT2D eigenvalue weighted by atomic mass is 16.6. The van der Waals surface area contributed by atoms with E-state index in [1.54, 1.807) is 11.6 Å². The molecule has 1 aromatic carbocycles. The molecule has 1 amide bonds. The fourth-order valence-electron chi connectivity index (χ4n) is 4.57. The van der Waals surface area contributed by atoms with Gasteiger partial charge in [-0.1, -0.05) is 30.3 Å². The Morgan fingerprint density at radius 1 is 1.12 bits per heavy atom. The molecule has 0 saturated carbocycles. The molecule has 2 aromatic rings. The van der Waals surface area contributed by atoms with Gasteiger partial charge in [0.2, 0.25) is 5.95 Å². The molecule has 1 aromatic heterocycles. The van der Waals surface area contributed by atoms with E-state index >= 15 is 0 Å². The first-order valence-electron chi connectivity index (χ1n) is 11.2. The number of piperidine rings is 1. The molecule has 0 aliphatic carbocycles. The van der Waals surface area contributed by atoms with Crippen LogP contribution in [0.1, 0.15) is 49.9 Å². The molecule has 0 radical (unpaired) electrons. The molecule has 0 spiro atoms. The predicted molar refractivity (Wildman–Crippen MR) is 124 cm³/mol. The molecule has 4 rings (SSSR count). The second-order valence-corrected chi connectivity index (χ2v) is 9.97. The maximum atomic E-state index is 13.0. The Morgan fingerprint density at radius 3 is 2.53 bits per heavy atom. The van der Waals surface area contributed by atoms with Crippen LogP contribution in [0.2, 0.25) is 0 Å². The molecule has 1 saturated heterocycles. The van der Waals surface area contributed by atoms with E-state index in [2.05, 4.69) is 41.5 Å². The van der Waals surface area contributed by atoms with Crippen LogP contribution in [0.15, 0.2) is 35.1 Å². The maximum absolute atomic E-state index is 13.0. The summed E-state index contributed by atoms with van der Waals surface area (Å²) in [5, 5.41) is 3.51. The zero-order chi connectivity index (χ0) is 23.0. The van der Waals surface area contributed by atoms with Crippen molar-refractivity contribution < 1.29 is 9.53 Å². The molecule has 172 valence electrons. The average Bonchev–Trinajstić information content (AvgIpc) is 3.15. The third kappa shape index (κ3) is 4.80. The fraction of sp³-hybridized carbons (Fsp3) is 0.542. The highest BCUT2D eigenvalue weighted by Crippen LogP contribution is 2.28. The normalized spacial score (nSPS) is 21.3. The standard InChI is InChI=1S/C24H33N5O3/c1-24(2,3)32-23(31)29-14-19-20(15-29)26-22(28(5)21(19)30)25-18-11-17(12-27(4)13-18)16-9-7-6-8-10-16/h6-10,17-18H,11-15H2,1-5H3,(H,25,26)/t17-,18+/m0/s1. The SMILES string of the molecule is CN1C[C@H](Nc2nc3c(c(=O)n2C)CN(C(=O)OC(C)(C)C)C3)C[C@H](c2ccccc2)C1. The van der Waals surface area contributed by atoms with Gasteiger partial charge in [0, 0.05) is 26.2 Å². The van der Waals surface area contributed by atoms with E-state index in [-0.39, 0.29) is 24.7 Å². The number of carbonyl (C=O) groups is 1. The summed E-state index contributed by atoms with van der Waals surface area (Å²) >= 11 is 0. The summed E-state index contributed by atoms with van der Waals surface area (Å²) in [5.41, 5.74) is 1.83. The topological polar surface area (TPSA) is 79.7 Å². The zero-order valence-corrected chi connectivity index (χ0v) is 19.6. The van der Waals surface area contributed by atoms with Crippen LogP contribution in [0.25, 0.3) is 0 Å². The maximum Gasteiger partial charge on any atom is 0.410 e. The van der Waals surface area contributed by atoms with Crippen molar-refractivity contribution in [3.63, 3.8) is 0 Å². The lowest BCUT2D eigenvalue weighted by Crippen LogP contribution is -2.44.